The molecule has 4 nitrogen and oxygen atoms in total. The minimum Gasteiger partial charge on any atom is -0.870 e. The Morgan fingerprint density at radius 1 is 0.600 bits per heavy atom. The van der Waals surface area contributed by atoms with E-state index in [0.717, 1.165) is 0 Å². The third-order valence-corrected chi connectivity index (χ3v) is 0. The molecule has 5 heteroatoms. The van der Waals surface area contributed by atoms with Crippen molar-refractivity contribution < 1.29 is 42.3 Å². The van der Waals surface area contributed by atoms with Crippen LogP contribution in [0.3, 0.4) is 0 Å². The molecule has 0 unspecified atom stereocenters. The summed E-state index contributed by atoms with van der Waals surface area (Å²) in [5.74, 6) is 0. The van der Waals surface area contributed by atoms with E-state index in [1.54, 1.807) is 0 Å². The molecule has 0 bridgehead atoms. The van der Waals surface area contributed by atoms with Gasteiger partial charge in [-0.2, -0.15) is 0 Å². The van der Waals surface area contributed by atoms with Gasteiger partial charge in [-0.15, -0.1) is 0 Å². The molecule has 0 aliphatic carbocycles. The first kappa shape index (κ1) is 442. The molecule has 0 rings (SSSR count). The zero-order valence-corrected chi connectivity index (χ0v) is 4.99. The van der Waals surface area contributed by atoms with Crippen LogP contribution in [0.1, 0.15) is 0 Å². The Labute approximate surface area is 43.1 Å². The van der Waals surface area contributed by atoms with E-state index in [1.165, 1.54) is 0 Å². The first-order valence-corrected chi connectivity index (χ1v) is 0. The van der Waals surface area contributed by atoms with Gasteiger partial charge in [-0.05, 0) is 0 Å². The topological polar surface area (TPSA) is 123 Å². The molecule has 0 heterocycles. The summed E-state index contributed by atoms with van der Waals surface area (Å²) < 4.78 is 0. The van der Waals surface area contributed by atoms with Crippen molar-refractivity contribution in [2.45, 2.75) is 0 Å². The van der Waals surface area contributed by atoms with E-state index in [1.807, 2.05) is 0 Å². The zero-order chi connectivity index (χ0) is 0. The quantitative estimate of drug-likeness (QED) is 0.497. The summed E-state index contributed by atoms with van der Waals surface area (Å²) >= 11 is 0. The molecule has 0 amide bonds. The van der Waals surface area contributed by atoms with Crippen LogP contribution in [0, 0.1) is 0 Å². The molecule has 0 saturated carbocycles. The molecule has 5 heavy (non-hydrogen) atoms. The van der Waals surface area contributed by atoms with Crippen molar-refractivity contribution in [2.75, 3.05) is 0 Å². The standard InChI is InChI=1S/4H2O.Re/h4*1H2;/p-2. The second-order valence-electron chi connectivity index (χ2n) is 0. The maximum Gasteiger partial charge on any atom is 0 e. The Hall–Kier alpha value is 0.502. The summed E-state index contributed by atoms with van der Waals surface area (Å²) in [6.45, 7) is 0. The van der Waals surface area contributed by atoms with Gasteiger partial charge in [-0.3, -0.25) is 0 Å². The summed E-state index contributed by atoms with van der Waals surface area (Å²) in [5.41, 5.74) is 0. The zero-order valence-electron chi connectivity index (χ0n) is 2.27. The summed E-state index contributed by atoms with van der Waals surface area (Å²) in [6, 6.07) is 0. The van der Waals surface area contributed by atoms with Gasteiger partial charge in [0.25, 0.3) is 0 Å². The second-order valence-corrected chi connectivity index (χ2v) is 0. The Balaban J connectivity index is 0. The van der Waals surface area contributed by atoms with E-state index in [0.29, 0.717) is 0 Å². The summed E-state index contributed by atoms with van der Waals surface area (Å²) in [5, 5.41) is 0. The molecule has 0 aromatic carbocycles. The molecule has 0 aromatic heterocycles. The average molecular weight is 256 g/mol. The van der Waals surface area contributed by atoms with Gasteiger partial charge in [-0.25, -0.2) is 0 Å². The van der Waals surface area contributed by atoms with Gasteiger partial charge in [0.2, 0.25) is 0 Å². The van der Waals surface area contributed by atoms with E-state index in [-0.39, 0.29) is 42.3 Å². The molecule has 0 saturated heterocycles. The fraction of sp³-hybridized carbons (Fsp3) is 0. The normalized spacial score (nSPS) is 0. The smallest absolute Gasteiger partial charge is 0 e. The van der Waals surface area contributed by atoms with Crippen LogP contribution in [-0.4, -0.2) is 21.9 Å². The van der Waals surface area contributed by atoms with Gasteiger partial charge >= 0.3 is 0 Å². The van der Waals surface area contributed by atoms with Gasteiger partial charge in [0.05, 0.1) is 0 Å². The molecule has 0 atom stereocenters. The predicted octanol–water partition coefficient (Wildman–Crippen LogP) is -2.01. The van der Waals surface area contributed by atoms with Crippen LogP contribution in [0.4, 0.5) is 0 Å². The molecule has 39 valence electrons. The van der Waals surface area contributed by atoms with Gasteiger partial charge in [0.1, 0.15) is 0 Å². The average Bonchev–Trinajstić information content (AvgIpc) is 0. The fourth-order valence-electron chi connectivity index (χ4n) is 0. The maximum absolute atomic E-state index is 0. The molecule has 1 radical (unpaired) electrons. The van der Waals surface area contributed by atoms with E-state index in [2.05, 4.69) is 0 Å². The van der Waals surface area contributed by atoms with E-state index < -0.39 is 0 Å². The van der Waals surface area contributed by atoms with E-state index in [4.69, 9.17) is 0 Å². The van der Waals surface area contributed by atoms with Crippen molar-refractivity contribution in [2.24, 2.45) is 0 Å². The Bertz CT molecular complexity index is 3.61. The molecule has 0 aromatic rings. The van der Waals surface area contributed by atoms with Crippen LogP contribution < -0.4 is 0 Å². The molecule has 0 fully saturated rings. The van der Waals surface area contributed by atoms with Crippen molar-refractivity contribution in [3.63, 3.8) is 0 Å². The SMILES string of the molecule is O.O.[OH-].[OH-].[Re]. The van der Waals surface area contributed by atoms with Crippen molar-refractivity contribution in [1.82, 2.24) is 0 Å². The van der Waals surface area contributed by atoms with Crippen molar-refractivity contribution in [3.8, 4) is 0 Å². The molecular formula is H6O4Re-2. The predicted molar refractivity (Wildman–Crippen MR) is 11.1 cm³/mol. The minimum atomic E-state index is 0. The molecule has 0 aliphatic rings. The first-order valence-electron chi connectivity index (χ1n) is 0. The van der Waals surface area contributed by atoms with Crippen LogP contribution in [0.2, 0.25) is 0 Å². The monoisotopic (exact) mass is 257 g/mol. The van der Waals surface area contributed by atoms with Crippen LogP contribution in [-0.2, 0) is 20.4 Å². The fourth-order valence-corrected chi connectivity index (χ4v) is 0. The summed E-state index contributed by atoms with van der Waals surface area (Å²) in [4.78, 5) is 0. The second kappa shape index (κ2) is 219. The Kier molecular flexibility index (Phi) is 19300. The van der Waals surface area contributed by atoms with Gasteiger partial charge < -0.3 is 21.9 Å². The minimum absolute atomic E-state index is 0. The molecular weight excluding hydrogens is 250 g/mol. The number of hydrogen-bond donors (Lipinski definition) is 0. The van der Waals surface area contributed by atoms with E-state index in [9.17, 15) is 0 Å². The van der Waals surface area contributed by atoms with Crippen molar-refractivity contribution >= 4 is 0 Å². The molecule has 0 aliphatic heterocycles. The third-order valence-electron chi connectivity index (χ3n) is 0. The Morgan fingerprint density at radius 2 is 0.600 bits per heavy atom. The number of rotatable bonds is 0. The van der Waals surface area contributed by atoms with Crippen molar-refractivity contribution in [1.29, 1.82) is 0 Å². The summed E-state index contributed by atoms with van der Waals surface area (Å²) in [6.07, 6.45) is 0. The van der Waals surface area contributed by atoms with E-state index >= 15 is 0 Å². The summed E-state index contributed by atoms with van der Waals surface area (Å²) in [7, 11) is 0. The van der Waals surface area contributed by atoms with Crippen LogP contribution >= 0.6 is 0 Å². The molecule has 0 spiro atoms. The van der Waals surface area contributed by atoms with Crippen LogP contribution in [0.25, 0.3) is 0 Å². The Morgan fingerprint density at radius 3 is 0.600 bits per heavy atom. The van der Waals surface area contributed by atoms with Crippen LogP contribution in [0.15, 0.2) is 0 Å². The first-order chi connectivity index (χ1) is 0. The number of hydrogen-bond acceptors (Lipinski definition) is 2. The van der Waals surface area contributed by atoms with Gasteiger partial charge in [-0.1, -0.05) is 0 Å². The largest absolute Gasteiger partial charge is 0.870 e. The van der Waals surface area contributed by atoms with Crippen LogP contribution in [0.5, 0.6) is 0 Å². The van der Waals surface area contributed by atoms with Gasteiger partial charge in [0.15, 0.2) is 0 Å². The maximum atomic E-state index is 0. The third kappa shape index (κ3) is 112. The molecule has 6 N–H and O–H groups in total. The van der Waals surface area contributed by atoms with Gasteiger partial charge in [0, 0.05) is 20.4 Å². The van der Waals surface area contributed by atoms with Crippen molar-refractivity contribution in [3.05, 3.63) is 0 Å².